The fourth-order valence-electron chi connectivity index (χ4n) is 4.13. The monoisotopic (exact) mass is 424 g/mol. The third-order valence-electron chi connectivity index (χ3n) is 6.11. The third-order valence-corrected chi connectivity index (χ3v) is 6.11. The molecule has 4 rings (SSSR count). The fourth-order valence-corrected chi connectivity index (χ4v) is 4.13. The van der Waals surface area contributed by atoms with Crippen molar-refractivity contribution in [2.45, 2.75) is 51.7 Å². The first kappa shape index (κ1) is 21.9. The summed E-state index contributed by atoms with van der Waals surface area (Å²) >= 11 is 0. The zero-order chi connectivity index (χ0) is 22.6. The number of aromatic carboxylic acids is 1. The van der Waals surface area contributed by atoms with E-state index < -0.39 is 5.97 Å². The zero-order valence-corrected chi connectivity index (χ0v) is 18.7. The van der Waals surface area contributed by atoms with E-state index in [0.29, 0.717) is 18.6 Å². The van der Waals surface area contributed by atoms with Gasteiger partial charge in [-0.3, -0.25) is 0 Å². The molecular formula is C29H28O3. The van der Waals surface area contributed by atoms with Crippen molar-refractivity contribution in [3.63, 3.8) is 0 Å². The van der Waals surface area contributed by atoms with Crippen molar-refractivity contribution in [3.8, 4) is 11.8 Å². The minimum absolute atomic E-state index is 0.171. The minimum Gasteiger partial charge on any atom is -0.478 e. The molecule has 0 spiro atoms. The van der Waals surface area contributed by atoms with Gasteiger partial charge in [-0.1, -0.05) is 62.1 Å². The molecule has 3 aromatic carbocycles. The van der Waals surface area contributed by atoms with Crippen LogP contribution >= 0.6 is 0 Å². The molecule has 3 nitrogen and oxygen atoms in total. The SMILES string of the molecule is CCc1cc(C#Cc2ccc(C3(OCc4ccccc4)CC3)c(CC)c2)ccc1C(=O)O. The van der Waals surface area contributed by atoms with Crippen LogP contribution in [0.5, 0.6) is 0 Å². The molecule has 1 aliphatic carbocycles. The summed E-state index contributed by atoms with van der Waals surface area (Å²) in [5.74, 6) is 5.56. The summed E-state index contributed by atoms with van der Waals surface area (Å²) in [6, 6.07) is 22.0. The Labute approximate surface area is 190 Å². The number of hydrogen-bond acceptors (Lipinski definition) is 2. The molecule has 1 N–H and O–H groups in total. The molecule has 3 heteroatoms. The molecule has 0 heterocycles. The molecule has 0 atom stereocenters. The van der Waals surface area contributed by atoms with E-state index in [1.807, 2.05) is 31.2 Å². The Morgan fingerprint density at radius 2 is 1.53 bits per heavy atom. The van der Waals surface area contributed by atoms with E-state index in [1.165, 1.54) is 16.7 Å². The van der Waals surface area contributed by atoms with Crippen LogP contribution in [0.25, 0.3) is 0 Å². The second-order valence-corrected chi connectivity index (χ2v) is 8.27. The van der Waals surface area contributed by atoms with Crippen LogP contribution in [0.4, 0.5) is 0 Å². The molecule has 0 aromatic heterocycles. The maximum Gasteiger partial charge on any atom is 0.335 e. The lowest BCUT2D eigenvalue weighted by atomic mass is 9.96. The summed E-state index contributed by atoms with van der Waals surface area (Å²) in [6.07, 6.45) is 3.69. The van der Waals surface area contributed by atoms with Gasteiger partial charge in [0.05, 0.1) is 17.8 Å². The van der Waals surface area contributed by atoms with Gasteiger partial charge in [0.2, 0.25) is 0 Å². The summed E-state index contributed by atoms with van der Waals surface area (Å²) in [7, 11) is 0. The molecule has 0 radical (unpaired) electrons. The van der Waals surface area contributed by atoms with Gasteiger partial charge in [-0.25, -0.2) is 4.79 Å². The van der Waals surface area contributed by atoms with Crippen molar-refractivity contribution in [2.75, 3.05) is 0 Å². The van der Waals surface area contributed by atoms with E-state index in [2.05, 4.69) is 49.1 Å². The van der Waals surface area contributed by atoms with Gasteiger partial charge in [-0.2, -0.15) is 0 Å². The van der Waals surface area contributed by atoms with Crippen molar-refractivity contribution in [2.24, 2.45) is 0 Å². The Balaban J connectivity index is 1.54. The molecule has 0 unspecified atom stereocenters. The lowest BCUT2D eigenvalue weighted by molar-refractivity contribution is 0.0166. The van der Waals surface area contributed by atoms with Crippen molar-refractivity contribution < 1.29 is 14.6 Å². The van der Waals surface area contributed by atoms with Gasteiger partial charge in [0.1, 0.15) is 0 Å². The van der Waals surface area contributed by atoms with Gasteiger partial charge >= 0.3 is 5.97 Å². The van der Waals surface area contributed by atoms with Crippen LogP contribution in [0, 0.1) is 11.8 Å². The zero-order valence-electron chi connectivity index (χ0n) is 18.7. The van der Waals surface area contributed by atoms with E-state index in [4.69, 9.17) is 4.74 Å². The van der Waals surface area contributed by atoms with Crippen LogP contribution in [-0.4, -0.2) is 11.1 Å². The van der Waals surface area contributed by atoms with E-state index in [9.17, 15) is 9.90 Å². The van der Waals surface area contributed by atoms with Gasteiger partial charge in [-0.15, -0.1) is 0 Å². The van der Waals surface area contributed by atoms with E-state index in [1.54, 1.807) is 12.1 Å². The standard InChI is InChI=1S/C29H28O3/c1-3-24-18-21(12-14-26(24)28(30)31)10-11-22-13-15-27(25(4-2)19-22)29(16-17-29)32-20-23-8-6-5-7-9-23/h5-9,12-15,18-19H,3-4,16-17,20H2,1-2H3,(H,30,31). The first-order valence-electron chi connectivity index (χ1n) is 11.2. The Hall–Kier alpha value is -3.35. The van der Waals surface area contributed by atoms with Crippen LogP contribution in [0.15, 0.2) is 66.7 Å². The van der Waals surface area contributed by atoms with Crippen LogP contribution in [-0.2, 0) is 29.8 Å². The Kier molecular flexibility index (Phi) is 6.44. The first-order valence-corrected chi connectivity index (χ1v) is 11.2. The Morgan fingerprint density at radius 3 is 2.12 bits per heavy atom. The third kappa shape index (κ3) is 4.77. The normalized spacial score (nSPS) is 13.8. The van der Waals surface area contributed by atoms with Gasteiger partial charge in [-0.05, 0) is 78.3 Å². The first-order chi connectivity index (χ1) is 15.5. The Morgan fingerprint density at radius 1 is 0.906 bits per heavy atom. The minimum atomic E-state index is -0.895. The molecule has 32 heavy (non-hydrogen) atoms. The number of carbonyl (C=O) groups is 1. The van der Waals surface area contributed by atoms with E-state index >= 15 is 0 Å². The molecule has 0 amide bonds. The predicted octanol–water partition coefficient (Wildman–Crippen LogP) is 6.12. The molecule has 3 aromatic rings. The van der Waals surface area contributed by atoms with Crippen molar-refractivity contribution in [3.05, 3.63) is 106 Å². The molecule has 1 saturated carbocycles. The largest absolute Gasteiger partial charge is 0.478 e. The van der Waals surface area contributed by atoms with Crippen LogP contribution in [0.3, 0.4) is 0 Å². The lowest BCUT2D eigenvalue weighted by Crippen LogP contribution is -2.14. The van der Waals surface area contributed by atoms with Crippen LogP contribution in [0.1, 0.15) is 70.4 Å². The molecule has 0 aliphatic heterocycles. The smallest absolute Gasteiger partial charge is 0.335 e. The molecular weight excluding hydrogens is 396 g/mol. The van der Waals surface area contributed by atoms with E-state index in [0.717, 1.165) is 36.0 Å². The average Bonchev–Trinajstić information content (AvgIpc) is 3.62. The fraction of sp³-hybridized carbons (Fsp3) is 0.276. The van der Waals surface area contributed by atoms with Gasteiger partial charge in [0.25, 0.3) is 0 Å². The molecule has 1 fully saturated rings. The van der Waals surface area contributed by atoms with Crippen molar-refractivity contribution >= 4 is 5.97 Å². The predicted molar refractivity (Wildman–Crippen MR) is 127 cm³/mol. The highest BCUT2D eigenvalue weighted by atomic mass is 16.5. The van der Waals surface area contributed by atoms with Crippen molar-refractivity contribution in [1.29, 1.82) is 0 Å². The molecule has 1 aliphatic rings. The second kappa shape index (κ2) is 9.42. The van der Waals surface area contributed by atoms with Gasteiger partial charge in [0.15, 0.2) is 0 Å². The maximum atomic E-state index is 11.3. The van der Waals surface area contributed by atoms with Gasteiger partial charge < -0.3 is 9.84 Å². The Bertz CT molecular complexity index is 1180. The number of benzene rings is 3. The van der Waals surface area contributed by atoms with Crippen LogP contribution in [0.2, 0.25) is 0 Å². The summed E-state index contributed by atoms with van der Waals surface area (Å²) < 4.78 is 6.40. The van der Waals surface area contributed by atoms with E-state index in [-0.39, 0.29) is 5.60 Å². The number of carboxylic acids is 1. The molecule has 0 bridgehead atoms. The number of carboxylic acid groups (broad SMARTS) is 1. The topological polar surface area (TPSA) is 46.5 Å². The van der Waals surface area contributed by atoms with Crippen LogP contribution < -0.4 is 0 Å². The highest BCUT2D eigenvalue weighted by molar-refractivity contribution is 5.89. The highest BCUT2D eigenvalue weighted by Gasteiger charge is 2.46. The van der Waals surface area contributed by atoms with Crippen molar-refractivity contribution in [1.82, 2.24) is 0 Å². The molecule has 0 saturated heterocycles. The summed E-state index contributed by atoms with van der Waals surface area (Å²) in [4.78, 5) is 11.3. The highest BCUT2D eigenvalue weighted by Crippen LogP contribution is 2.51. The summed E-state index contributed by atoms with van der Waals surface area (Å²) in [6.45, 7) is 4.75. The van der Waals surface area contributed by atoms with Gasteiger partial charge in [0, 0.05) is 11.1 Å². The summed E-state index contributed by atoms with van der Waals surface area (Å²) in [5.41, 5.74) is 6.53. The number of ether oxygens (including phenoxy) is 1. The lowest BCUT2D eigenvalue weighted by Gasteiger charge is -2.20. The number of rotatable bonds is 7. The maximum absolute atomic E-state index is 11.3. The average molecular weight is 425 g/mol. The number of hydrogen-bond donors (Lipinski definition) is 1. The summed E-state index contributed by atoms with van der Waals surface area (Å²) in [5, 5.41) is 9.31. The number of aryl methyl sites for hydroxylation is 2. The molecule has 162 valence electrons. The quantitative estimate of drug-likeness (QED) is 0.465. The second-order valence-electron chi connectivity index (χ2n) is 8.27.